The fraction of sp³-hybridized carbons (Fsp3) is 0.400. The summed E-state index contributed by atoms with van der Waals surface area (Å²) in [6.45, 7) is 3.20. The van der Waals surface area contributed by atoms with Gasteiger partial charge in [0.15, 0.2) is 11.6 Å². The summed E-state index contributed by atoms with van der Waals surface area (Å²) in [5, 5.41) is 17.7. The number of phosphoric acid groups is 1. The zero-order valence-electron chi connectivity index (χ0n) is 28.2. The van der Waals surface area contributed by atoms with Gasteiger partial charge in [-0.15, -0.1) is 0 Å². The Labute approximate surface area is 293 Å². The molecule has 2 heterocycles. The van der Waals surface area contributed by atoms with Crippen LogP contribution in [0.5, 0.6) is 0 Å². The molecule has 2 unspecified atom stereocenters. The molecular formula is C35H41F3N4O8P-. The number of unbranched alkanes of at least 4 members (excludes halogenated alkanes) is 1. The molecule has 276 valence electrons. The first-order valence-corrected chi connectivity index (χ1v) is 17.9. The number of anilines is 1. The number of carbonyl (C=O) groups is 3. The molecule has 0 radical (unpaired) electrons. The number of halogens is 3. The van der Waals surface area contributed by atoms with Crippen molar-refractivity contribution < 1.29 is 51.5 Å². The summed E-state index contributed by atoms with van der Waals surface area (Å²) in [5.41, 5.74) is 4.70. The Morgan fingerprint density at radius 2 is 1.84 bits per heavy atom. The van der Waals surface area contributed by atoms with E-state index in [0.29, 0.717) is 53.8 Å². The topological polar surface area (TPSA) is 193 Å². The van der Waals surface area contributed by atoms with Crippen molar-refractivity contribution in [2.24, 2.45) is 5.92 Å². The number of phosphoric ester groups is 1. The van der Waals surface area contributed by atoms with E-state index in [1.54, 1.807) is 6.08 Å². The molecular weight excluding hydrogens is 692 g/mol. The van der Waals surface area contributed by atoms with Crippen LogP contribution in [0.4, 0.5) is 18.9 Å². The molecule has 4 rings (SSSR count). The van der Waals surface area contributed by atoms with Crippen LogP contribution in [0.15, 0.2) is 36.4 Å². The molecule has 16 heteroatoms. The van der Waals surface area contributed by atoms with Crippen molar-refractivity contribution in [2.45, 2.75) is 64.8 Å². The van der Waals surface area contributed by atoms with Gasteiger partial charge in [-0.2, -0.15) is 0 Å². The molecule has 3 amide bonds. The van der Waals surface area contributed by atoms with E-state index in [2.05, 4.69) is 25.5 Å². The van der Waals surface area contributed by atoms with Crippen LogP contribution < -0.4 is 20.8 Å². The van der Waals surface area contributed by atoms with Crippen molar-refractivity contribution in [3.8, 4) is 0 Å². The lowest BCUT2D eigenvalue weighted by molar-refractivity contribution is -0.221. The van der Waals surface area contributed by atoms with Gasteiger partial charge in [0.25, 0.3) is 13.7 Å². The summed E-state index contributed by atoms with van der Waals surface area (Å²) < 4.78 is 56.5. The number of benzene rings is 2. The maximum Gasteiger partial charge on any atom is 0.265 e. The number of aliphatic hydroxyl groups is 1. The highest BCUT2D eigenvalue weighted by atomic mass is 31.2. The number of nitrogens with one attached hydrogen (secondary N) is 4. The number of aliphatic hydroxyl groups excluding tert-OH is 1. The lowest BCUT2D eigenvalue weighted by Crippen LogP contribution is -2.41. The molecule has 0 bridgehead atoms. The summed E-state index contributed by atoms with van der Waals surface area (Å²) in [6.07, 6.45) is 3.26. The average Bonchev–Trinajstić information content (AvgIpc) is 3.51. The Hall–Kier alpha value is -4.27. The van der Waals surface area contributed by atoms with Gasteiger partial charge in [-0.3, -0.25) is 18.9 Å². The van der Waals surface area contributed by atoms with Gasteiger partial charge in [0, 0.05) is 60.6 Å². The Kier molecular flexibility index (Phi) is 13.8. The van der Waals surface area contributed by atoms with Gasteiger partial charge in [-0.25, -0.2) is 13.2 Å². The van der Waals surface area contributed by atoms with Crippen LogP contribution in [0.1, 0.15) is 65.7 Å². The van der Waals surface area contributed by atoms with Crippen molar-refractivity contribution in [3.63, 3.8) is 0 Å². The van der Waals surface area contributed by atoms with Crippen LogP contribution in [0.25, 0.3) is 11.6 Å². The molecule has 2 aromatic carbocycles. The molecule has 3 atom stereocenters. The minimum Gasteiger partial charge on any atom is -0.756 e. The van der Waals surface area contributed by atoms with Crippen LogP contribution in [-0.2, 0) is 36.3 Å². The number of rotatable bonds is 18. The lowest BCUT2D eigenvalue weighted by Gasteiger charge is -2.20. The molecule has 6 N–H and O–H groups in total. The van der Waals surface area contributed by atoms with Gasteiger partial charge in [0.05, 0.1) is 12.2 Å². The van der Waals surface area contributed by atoms with Gasteiger partial charge in [-0.05, 0) is 92.6 Å². The van der Waals surface area contributed by atoms with E-state index in [1.807, 2.05) is 13.8 Å². The van der Waals surface area contributed by atoms with E-state index in [9.17, 15) is 42.1 Å². The maximum atomic E-state index is 14.0. The first-order chi connectivity index (χ1) is 24.1. The predicted molar refractivity (Wildman–Crippen MR) is 181 cm³/mol. The summed E-state index contributed by atoms with van der Waals surface area (Å²) in [7, 11) is -4.90. The fourth-order valence-electron chi connectivity index (χ4n) is 5.95. The minimum atomic E-state index is -4.90. The van der Waals surface area contributed by atoms with E-state index < -0.39 is 43.1 Å². The van der Waals surface area contributed by atoms with E-state index in [1.165, 1.54) is 24.3 Å². The monoisotopic (exact) mass is 733 g/mol. The van der Waals surface area contributed by atoms with Crippen LogP contribution in [0, 0.1) is 37.2 Å². The minimum absolute atomic E-state index is 0.0355. The smallest absolute Gasteiger partial charge is 0.265 e. The molecule has 12 nitrogen and oxygen atoms in total. The third kappa shape index (κ3) is 11.6. The summed E-state index contributed by atoms with van der Waals surface area (Å²) in [4.78, 5) is 61.4. The molecule has 1 aliphatic heterocycles. The van der Waals surface area contributed by atoms with Gasteiger partial charge >= 0.3 is 0 Å². The number of carbonyl (C=O) groups excluding carboxylic acids is 3. The second-order valence-electron chi connectivity index (χ2n) is 12.5. The highest BCUT2D eigenvalue weighted by Gasteiger charge is 2.26. The molecule has 0 fully saturated rings. The quantitative estimate of drug-likeness (QED) is 0.0643. The number of fused-ring (bicyclic) bond motifs is 1. The van der Waals surface area contributed by atoms with Gasteiger partial charge in [0.1, 0.15) is 5.82 Å². The number of amides is 3. The molecule has 0 saturated carbocycles. The van der Waals surface area contributed by atoms with Crippen molar-refractivity contribution in [3.05, 3.63) is 87.5 Å². The Morgan fingerprint density at radius 1 is 1.08 bits per heavy atom. The molecule has 0 saturated heterocycles. The van der Waals surface area contributed by atoms with Crippen molar-refractivity contribution in [2.75, 3.05) is 25.1 Å². The van der Waals surface area contributed by atoms with E-state index in [0.717, 1.165) is 29.0 Å². The summed E-state index contributed by atoms with van der Waals surface area (Å²) in [6, 6.07) is 6.65. The SMILES string of the molecule is Cc1[nH]c(/C=C2\C(=O)Nc3ccc(F)cc32)c(C)c1CCC(=O)N[C@@H](CC(=O)NCCCCC(CO)COP(=O)([O-])O)Cc1ccc(F)c(F)c1. The first kappa shape index (κ1) is 39.5. The summed E-state index contributed by atoms with van der Waals surface area (Å²) >= 11 is 0. The van der Waals surface area contributed by atoms with Crippen molar-refractivity contribution in [1.29, 1.82) is 0 Å². The Morgan fingerprint density at radius 3 is 2.55 bits per heavy atom. The molecule has 0 spiro atoms. The van der Waals surface area contributed by atoms with E-state index in [4.69, 9.17) is 4.89 Å². The molecule has 3 aromatic rings. The Balaban J connectivity index is 1.35. The third-order valence-electron chi connectivity index (χ3n) is 8.64. The number of H-pyrrole nitrogens is 1. The molecule has 1 aliphatic rings. The highest BCUT2D eigenvalue weighted by molar-refractivity contribution is 7.44. The van der Waals surface area contributed by atoms with Crippen LogP contribution >= 0.6 is 7.82 Å². The normalized spacial score (nSPS) is 15.6. The summed E-state index contributed by atoms with van der Waals surface area (Å²) in [5.74, 6) is -4.22. The number of hydrogen-bond donors (Lipinski definition) is 6. The van der Waals surface area contributed by atoms with Crippen molar-refractivity contribution in [1.82, 2.24) is 15.6 Å². The average molecular weight is 734 g/mol. The second-order valence-corrected chi connectivity index (χ2v) is 13.7. The van der Waals surface area contributed by atoms with Gasteiger partial charge in [0.2, 0.25) is 11.8 Å². The standard InChI is InChI=1S/C35H42F3N4O8P/c1-20-26(21(2)40-32(20)17-28-27-15-24(36)7-10-31(27)42-35(28)46)8-11-33(44)41-25(13-22-6-9-29(37)30(38)14-22)16-34(45)39-12-4-3-5-23(18-43)19-50-51(47,48)49/h6-7,9-10,14-15,17,23,25,40,43H,3-5,8,11-13,16,18-19H2,1-2H3,(H,39,45)(H,41,44)(H,42,46)(H2,47,48,49)/p-1/b28-17-/t23?,25-/m1/s1. The number of aryl methyl sites for hydroxylation is 1. The Bertz CT molecular complexity index is 1830. The van der Waals surface area contributed by atoms with Crippen LogP contribution in [0.2, 0.25) is 0 Å². The molecule has 51 heavy (non-hydrogen) atoms. The molecule has 1 aromatic heterocycles. The largest absolute Gasteiger partial charge is 0.756 e. The number of aromatic nitrogens is 1. The zero-order chi connectivity index (χ0) is 37.3. The maximum absolute atomic E-state index is 14.0. The highest BCUT2D eigenvalue weighted by Crippen LogP contribution is 2.35. The lowest BCUT2D eigenvalue weighted by atomic mass is 10.0. The number of aromatic amines is 1. The zero-order valence-corrected chi connectivity index (χ0v) is 29.1. The number of hydrogen-bond acceptors (Lipinski definition) is 7. The fourth-order valence-corrected chi connectivity index (χ4v) is 6.35. The van der Waals surface area contributed by atoms with Gasteiger partial charge in [-0.1, -0.05) is 12.5 Å². The van der Waals surface area contributed by atoms with Crippen molar-refractivity contribution >= 4 is 42.9 Å². The second kappa shape index (κ2) is 17.8. The van der Waals surface area contributed by atoms with E-state index in [-0.39, 0.29) is 50.8 Å². The predicted octanol–water partition coefficient (Wildman–Crippen LogP) is 3.96. The van der Waals surface area contributed by atoms with E-state index >= 15 is 0 Å². The first-order valence-electron chi connectivity index (χ1n) is 16.4. The van der Waals surface area contributed by atoms with Crippen LogP contribution in [0.3, 0.4) is 0 Å². The van der Waals surface area contributed by atoms with Crippen LogP contribution in [-0.4, -0.2) is 58.5 Å². The van der Waals surface area contributed by atoms with Gasteiger partial charge < -0.3 is 40.4 Å². The third-order valence-corrected chi connectivity index (χ3v) is 9.12. The molecule has 0 aliphatic carbocycles.